The van der Waals surface area contributed by atoms with Crippen molar-refractivity contribution in [3.63, 3.8) is 0 Å². The van der Waals surface area contributed by atoms with E-state index < -0.39 is 0 Å². The second-order valence-corrected chi connectivity index (χ2v) is 5.22. The Bertz CT molecular complexity index is 240. The van der Waals surface area contributed by atoms with Gasteiger partial charge in [-0.2, -0.15) is 0 Å². The van der Waals surface area contributed by atoms with Gasteiger partial charge >= 0.3 is 5.97 Å². The molecule has 1 heterocycles. The zero-order chi connectivity index (χ0) is 10.5. The summed E-state index contributed by atoms with van der Waals surface area (Å²) < 4.78 is 5.49. The normalized spacial score (nSPS) is 36.0. The highest BCUT2D eigenvalue weighted by atomic mass is 16.6. The molecule has 76 valence electrons. The molecule has 1 unspecified atom stereocenters. The summed E-state index contributed by atoms with van der Waals surface area (Å²) in [7, 11) is 0. The quantitative estimate of drug-likeness (QED) is 0.586. The second kappa shape index (κ2) is 2.49. The Morgan fingerprint density at radius 1 is 1.15 bits per heavy atom. The number of ether oxygens (including phenoxy) is 1. The minimum absolute atomic E-state index is 0.0677. The van der Waals surface area contributed by atoms with E-state index in [1.165, 1.54) is 0 Å². The lowest BCUT2D eigenvalue weighted by molar-refractivity contribution is -0.152. The van der Waals surface area contributed by atoms with E-state index in [-0.39, 0.29) is 22.4 Å². The summed E-state index contributed by atoms with van der Waals surface area (Å²) in [6.07, 6.45) is 0.870. The first-order valence-electron chi connectivity index (χ1n) is 4.92. The molecule has 0 aromatic carbocycles. The molecule has 2 nitrogen and oxygen atoms in total. The van der Waals surface area contributed by atoms with E-state index in [2.05, 4.69) is 20.8 Å². The van der Waals surface area contributed by atoms with Gasteiger partial charge in [-0.05, 0) is 27.2 Å². The summed E-state index contributed by atoms with van der Waals surface area (Å²) in [5.74, 6) is -0.0677. The van der Waals surface area contributed by atoms with Crippen molar-refractivity contribution >= 4 is 5.97 Å². The van der Waals surface area contributed by atoms with Crippen molar-refractivity contribution in [3.8, 4) is 0 Å². The lowest BCUT2D eigenvalue weighted by Crippen LogP contribution is -2.44. The van der Waals surface area contributed by atoms with Crippen molar-refractivity contribution < 1.29 is 9.53 Å². The topological polar surface area (TPSA) is 26.3 Å². The van der Waals surface area contributed by atoms with Crippen LogP contribution in [0.4, 0.5) is 0 Å². The van der Waals surface area contributed by atoms with Crippen LogP contribution in [-0.2, 0) is 9.53 Å². The zero-order valence-corrected chi connectivity index (χ0v) is 9.52. The van der Waals surface area contributed by atoms with Gasteiger partial charge in [0, 0.05) is 5.41 Å². The third kappa shape index (κ3) is 1.04. The minimum atomic E-state index is -0.377. The van der Waals surface area contributed by atoms with Crippen molar-refractivity contribution in [3.05, 3.63) is 0 Å². The molecule has 0 saturated carbocycles. The number of esters is 1. The third-order valence-corrected chi connectivity index (χ3v) is 4.39. The maximum Gasteiger partial charge on any atom is 0.312 e. The molecule has 2 heteroatoms. The summed E-state index contributed by atoms with van der Waals surface area (Å²) in [5, 5.41) is 0. The molecule has 1 fully saturated rings. The van der Waals surface area contributed by atoms with E-state index in [1.807, 2.05) is 20.8 Å². The molecule has 1 atom stereocenters. The van der Waals surface area contributed by atoms with Crippen LogP contribution in [-0.4, -0.2) is 11.6 Å². The molecule has 1 rings (SSSR count). The van der Waals surface area contributed by atoms with E-state index in [4.69, 9.17) is 4.74 Å². The Labute approximate surface area is 80.7 Å². The molecule has 0 aromatic heterocycles. The first kappa shape index (κ1) is 10.6. The smallest absolute Gasteiger partial charge is 0.312 e. The fraction of sp³-hybridized carbons (Fsp3) is 0.909. The van der Waals surface area contributed by atoms with Crippen LogP contribution in [0.5, 0.6) is 0 Å². The Kier molecular flexibility index (Phi) is 2.02. The Morgan fingerprint density at radius 2 is 1.62 bits per heavy atom. The number of rotatable bonds is 1. The van der Waals surface area contributed by atoms with Crippen molar-refractivity contribution in [2.75, 3.05) is 0 Å². The van der Waals surface area contributed by atoms with Crippen LogP contribution in [0.2, 0.25) is 0 Å². The zero-order valence-electron chi connectivity index (χ0n) is 9.52. The molecule has 1 saturated heterocycles. The van der Waals surface area contributed by atoms with Crippen LogP contribution in [0.1, 0.15) is 48.0 Å². The highest BCUT2D eigenvalue weighted by Gasteiger charge is 2.62. The Hall–Kier alpha value is -0.530. The van der Waals surface area contributed by atoms with Crippen LogP contribution in [0, 0.1) is 10.8 Å². The fourth-order valence-electron chi connectivity index (χ4n) is 1.89. The van der Waals surface area contributed by atoms with Gasteiger partial charge in [0.15, 0.2) is 0 Å². The third-order valence-electron chi connectivity index (χ3n) is 4.39. The van der Waals surface area contributed by atoms with Crippen LogP contribution in [0.25, 0.3) is 0 Å². The van der Waals surface area contributed by atoms with Gasteiger partial charge in [-0.3, -0.25) is 4.79 Å². The number of hydrogen-bond acceptors (Lipinski definition) is 2. The largest absolute Gasteiger partial charge is 0.458 e. The van der Waals surface area contributed by atoms with Crippen molar-refractivity contribution in [2.45, 2.75) is 53.6 Å². The predicted molar refractivity (Wildman–Crippen MR) is 52.4 cm³/mol. The molecule has 0 aromatic rings. The van der Waals surface area contributed by atoms with Gasteiger partial charge in [0.1, 0.15) is 5.60 Å². The molecule has 0 aliphatic carbocycles. The first-order valence-corrected chi connectivity index (χ1v) is 4.92. The summed E-state index contributed by atoms with van der Waals surface area (Å²) in [6, 6.07) is 0. The Balaban J connectivity index is 3.19. The average molecular weight is 184 g/mol. The van der Waals surface area contributed by atoms with E-state index in [1.54, 1.807) is 0 Å². The number of hydrogen-bond donors (Lipinski definition) is 0. The van der Waals surface area contributed by atoms with Gasteiger partial charge in [-0.15, -0.1) is 0 Å². The van der Waals surface area contributed by atoms with Gasteiger partial charge in [0.25, 0.3) is 0 Å². The van der Waals surface area contributed by atoms with E-state index >= 15 is 0 Å². The number of cyclic esters (lactones) is 1. The van der Waals surface area contributed by atoms with E-state index in [9.17, 15) is 4.79 Å². The maximum absolute atomic E-state index is 11.7. The molecule has 1 aliphatic rings. The standard InChI is InChI=1S/C11H20O2/c1-7-11(6)10(4,5)9(2,3)8(12)13-11/h7H2,1-6H3. The van der Waals surface area contributed by atoms with Gasteiger partial charge in [-0.1, -0.05) is 20.8 Å². The summed E-state index contributed by atoms with van der Waals surface area (Å²) >= 11 is 0. The number of carbonyl (C=O) groups excluding carboxylic acids is 1. The van der Waals surface area contributed by atoms with Gasteiger partial charge < -0.3 is 4.74 Å². The lowest BCUT2D eigenvalue weighted by Gasteiger charge is -2.40. The molecular formula is C11H20O2. The molecular weight excluding hydrogens is 164 g/mol. The summed E-state index contributed by atoms with van der Waals surface area (Å²) in [6.45, 7) is 12.3. The van der Waals surface area contributed by atoms with Crippen LogP contribution >= 0.6 is 0 Å². The van der Waals surface area contributed by atoms with Crippen molar-refractivity contribution in [2.24, 2.45) is 10.8 Å². The van der Waals surface area contributed by atoms with E-state index in [0.29, 0.717) is 0 Å². The summed E-state index contributed by atoms with van der Waals surface area (Å²) in [5.41, 5.74) is -0.794. The lowest BCUT2D eigenvalue weighted by atomic mass is 9.61. The summed E-state index contributed by atoms with van der Waals surface area (Å²) in [4.78, 5) is 11.7. The van der Waals surface area contributed by atoms with Crippen molar-refractivity contribution in [1.29, 1.82) is 0 Å². The van der Waals surface area contributed by atoms with Crippen LogP contribution in [0.15, 0.2) is 0 Å². The number of carbonyl (C=O) groups is 1. The Morgan fingerprint density at radius 3 is 1.77 bits per heavy atom. The molecule has 0 radical (unpaired) electrons. The first-order chi connectivity index (χ1) is 5.69. The van der Waals surface area contributed by atoms with Crippen molar-refractivity contribution in [1.82, 2.24) is 0 Å². The van der Waals surface area contributed by atoms with Gasteiger partial charge in [0.2, 0.25) is 0 Å². The average Bonchev–Trinajstić information content (AvgIpc) is 2.12. The molecule has 0 N–H and O–H groups in total. The molecule has 0 spiro atoms. The van der Waals surface area contributed by atoms with E-state index in [0.717, 1.165) is 6.42 Å². The predicted octanol–water partition coefficient (Wildman–Crippen LogP) is 2.76. The molecule has 1 aliphatic heterocycles. The maximum atomic E-state index is 11.7. The molecule has 13 heavy (non-hydrogen) atoms. The van der Waals surface area contributed by atoms with Crippen LogP contribution in [0.3, 0.4) is 0 Å². The fourth-order valence-corrected chi connectivity index (χ4v) is 1.89. The minimum Gasteiger partial charge on any atom is -0.458 e. The highest BCUT2D eigenvalue weighted by Crippen LogP contribution is 2.56. The molecule has 0 bridgehead atoms. The van der Waals surface area contributed by atoms with Gasteiger partial charge in [-0.25, -0.2) is 0 Å². The van der Waals surface area contributed by atoms with Crippen LogP contribution < -0.4 is 0 Å². The SMILES string of the molecule is CCC1(C)OC(=O)C(C)(C)C1(C)C. The monoisotopic (exact) mass is 184 g/mol. The molecule has 0 amide bonds. The van der Waals surface area contributed by atoms with Gasteiger partial charge in [0.05, 0.1) is 5.41 Å². The second-order valence-electron chi connectivity index (χ2n) is 5.22. The highest BCUT2D eigenvalue weighted by molar-refractivity contribution is 5.80.